The van der Waals surface area contributed by atoms with Gasteiger partial charge in [-0.05, 0) is 39.3 Å². The van der Waals surface area contributed by atoms with Crippen molar-refractivity contribution in [2.75, 3.05) is 45.3 Å². The van der Waals surface area contributed by atoms with Gasteiger partial charge in [0.25, 0.3) is 0 Å². The monoisotopic (exact) mass is 389 g/mol. The molecular formula is C20H31N3O3Si. The number of nitrogens with zero attached hydrogens (tertiary/aromatic N) is 3. The molecule has 27 heavy (non-hydrogen) atoms. The molecule has 2 unspecified atom stereocenters. The quantitative estimate of drug-likeness (QED) is 0.673. The fourth-order valence-corrected chi connectivity index (χ4v) is 4.33. The van der Waals surface area contributed by atoms with E-state index in [0.29, 0.717) is 5.89 Å². The van der Waals surface area contributed by atoms with Crippen LogP contribution >= 0.6 is 0 Å². The molecule has 1 aromatic carbocycles. The van der Waals surface area contributed by atoms with Crippen molar-refractivity contribution in [1.82, 2.24) is 9.88 Å². The maximum atomic E-state index is 6.62. The highest BCUT2D eigenvalue weighted by atomic mass is 28.4. The molecule has 1 saturated heterocycles. The Hall–Kier alpha value is -1.67. The first-order valence-electron chi connectivity index (χ1n) is 9.53. The van der Waals surface area contributed by atoms with Crippen LogP contribution in [-0.2, 0) is 9.16 Å². The molecule has 2 atom stereocenters. The van der Waals surface area contributed by atoms with Crippen LogP contribution in [0.3, 0.4) is 0 Å². The van der Waals surface area contributed by atoms with Crippen LogP contribution in [-0.4, -0.2) is 58.6 Å². The third-order valence-corrected chi connectivity index (χ3v) is 5.50. The predicted molar refractivity (Wildman–Crippen MR) is 110 cm³/mol. The molecule has 1 fully saturated rings. The Kier molecular flexibility index (Phi) is 6.36. The number of hydrogen-bond acceptors (Lipinski definition) is 6. The molecule has 2 aromatic rings. The van der Waals surface area contributed by atoms with Crippen molar-refractivity contribution in [2.45, 2.75) is 31.8 Å². The number of hydrogen-bond donors (Lipinski definition) is 0. The van der Waals surface area contributed by atoms with Crippen LogP contribution in [0.5, 0.6) is 0 Å². The zero-order valence-corrected chi connectivity index (χ0v) is 18.0. The summed E-state index contributed by atoms with van der Waals surface area (Å²) in [4.78, 5) is 8.95. The standard InChI is InChI=1S/C20H31N3O3Si/c1-22(2)18(19(26-27(3,4)5)16-9-7-6-8-10-16)20-21-15-17(25-20)23-11-13-24-14-12-23/h6-10,15,18-19H,11-14H2,1-5H3. The number of benzene rings is 1. The number of anilines is 1. The Morgan fingerprint density at radius 3 is 2.37 bits per heavy atom. The van der Waals surface area contributed by atoms with Gasteiger partial charge in [0.15, 0.2) is 8.32 Å². The smallest absolute Gasteiger partial charge is 0.217 e. The second-order valence-corrected chi connectivity index (χ2v) is 12.6. The van der Waals surface area contributed by atoms with Crippen LogP contribution in [0.15, 0.2) is 40.9 Å². The molecule has 1 aliphatic heterocycles. The van der Waals surface area contributed by atoms with Gasteiger partial charge in [0.05, 0.1) is 25.5 Å². The molecule has 1 aromatic heterocycles. The summed E-state index contributed by atoms with van der Waals surface area (Å²) in [5.41, 5.74) is 1.14. The van der Waals surface area contributed by atoms with Crippen LogP contribution < -0.4 is 4.90 Å². The summed E-state index contributed by atoms with van der Waals surface area (Å²) in [5, 5.41) is 0. The summed E-state index contributed by atoms with van der Waals surface area (Å²) < 4.78 is 18.3. The fourth-order valence-electron chi connectivity index (χ4n) is 3.30. The molecule has 3 rings (SSSR count). The lowest BCUT2D eigenvalue weighted by Crippen LogP contribution is -2.36. The van der Waals surface area contributed by atoms with Crippen LogP contribution in [0.2, 0.25) is 19.6 Å². The lowest BCUT2D eigenvalue weighted by atomic mass is 10.0. The first-order chi connectivity index (χ1) is 12.8. The third kappa shape index (κ3) is 5.19. The highest BCUT2D eigenvalue weighted by Gasteiger charge is 2.35. The van der Waals surface area contributed by atoms with Gasteiger partial charge in [-0.3, -0.25) is 4.90 Å². The van der Waals surface area contributed by atoms with Crippen molar-refractivity contribution < 1.29 is 13.6 Å². The van der Waals surface area contributed by atoms with Gasteiger partial charge < -0.3 is 18.5 Å². The maximum absolute atomic E-state index is 6.62. The normalized spacial score (nSPS) is 17.9. The van der Waals surface area contributed by atoms with E-state index in [1.54, 1.807) is 0 Å². The summed E-state index contributed by atoms with van der Waals surface area (Å²) in [6.45, 7) is 9.74. The van der Waals surface area contributed by atoms with E-state index < -0.39 is 8.32 Å². The number of aromatic nitrogens is 1. The van der Waals surface area contributed by atoms with E-state index >= 15 is 0 Å². The van der Waals surface area contributed by atoms with Crippen molar-refractivity contribution >= 4 is 14.2 Å². The van der Waals surface area contributed by atoms with Crippen molar-refractivity contribution in [2.24, 2.45) is 0 Å². The van der Waals surface area contributed by atoms with Crippen molar-refractivity contribution in [1.29, 1.82) is 0 Å². The molecule has 2 heterocycles. The summed E-state index contributed by atoms with van der Waals surface area (Å²) in [6, 6.07) is 10.3. The summed E-state index contributed by atoms with van der Waals surface area (Å²) in [6.07, 6.45) is 1.69. The van der Waals surface area contributed by atoms with Crippen molar-refractivity contribution in [3.05, 3.63) is 48.0 Å². The molecule has 0 bridgehead atoms. The van der Waals surface area contributed by atoms with Crippen molar-refractivity contribution in [3.8, 4) is 0 Å². The Labute approximate surface area is 163 Å². The summed E-state index contributed by atoms with van der Waals surface area (Å²) in [5.74, 6) is 1.49. The molecule has 148 valence electrons. The number of rotatable bonds is 7. The van der Waals surface area contributed by atoms with E-state index in [2.05, 4.69) is 58.7 Å². The first-order valence-corrected chi connectivity index (χ1v) is 12.9. The van der Waals surface area contributed by atoms with Gasteiger partial charge in [-0.15, -0.1) is 0 Å². The number of ether oxygens (including phenoxy) is 1. The Morgan fingerprint density at radius 1 is 1.11 bits per heavy atom. The Morgan fingerprint density at radius 2 is 1.78 bits per heavy atom. The molecule has 7 heteroatoms. The maximum Gasteiger partial charge on any atom is 0.217 e. The minimum Gasteiger partial charge on any atom is -0.423 e. The molecule has 6 nitrogen and oxygen atoms in total. The molecular weight excluding hydrogens is 358 g/mol. The lowest BCUT2D eigenvalue weighted by molar-refractivity contribution is 0.0732. The summed E-state index contributed by atoms with van der Waals surface area (Å²) >= 11 is 0. The third-order valence-electron chi connectivity index (χ3n) is 4.54. The number of morpholine rings is 1. The summed E-state index contributed by atoms with van der Waals surface area (Å²) in [7, 11) is 2.30. The second kappa shape index (κ2) is 8.56. The van der Waals surface area contributed by atoms with Crippen molar-refractivity contribution in [3.63, 3.8) is 0 Å². The second-order valence-electron chi connectivity index (χ2n) is 8.11. The van der Waals surface area contributed by atoms with Crippen LogP contribution in [0.4, 0.5) is 5.88 Å². The van der Waals surface area contributed by atoms with Gasteiger partial charge in [0.1, 0.15) is 6.04 Å². The molecule has 0 saturated carbocycles. The van der Waals surface area contributed by atoms with Crippen LogP contribution in [0.1, 0.15) is 23.6 Å². The predicted octanol–water partition coefficient (Wildman–Crippen LogP) is 3.71. The largest absolute Gasteiger partial charge is 0.423 e. The zero-order chi connectivity index (χ0) is 19.4. The SMILES string of the molecule is CN(C)C(c1ncc(N2CCOCC2)o1)C(O[Si](C)(C)C)c1ccccc1. The average molecular weight is 390 g/mol. The molecule has 0 radical (unpaired) electrons. The van der Waals surface area contributed by atoms with Gasteiger partial charge in [-0.1, -0.05) is 30.3 Å². The van der Waals surface area contributed by atoms with E-state index in [9.17, 15) is 0 Å². The Balaban J connectivity index is 1.93. The highest BCUT2D eigenvalue weighted by Crippen LogP contribution is 2.38. The van der Waals surface area contributed by atoms with Crippen LogP contribution in [0, 0.1) is 0 Å². The van der Waals surface area contributed by atoms with E-state index in [1.165, 1.54) is 0 Å². The zero-order valence-electron chi connectivity index (χ0n) is 17.0. The minimum absolute atomic E-state index is 0.103. The molecule has 0 amide bonds. The minimum atomic E-state index is -1.79. The van der Waals surface area contributed by atoms with E-state index in [-0.39, 0.29) is 12.1 Å². The number of oxazole rings is 1. The van der Waals surface area contributed by atoms with E-state index in [4.69, 9.17) is 13.6 Å². The molecule has 1 aliphatic rings. The molecule has 0 aliphatic carbocycles. The highest BCUT2D eigenvalue weighted by molar-refractivity contribution is 6.69. The van der Waals surface area contributed by atoms with Gasteiger partial charge in [-0.2, -0.15) is 0 Å². The van der Waals surface area contributed by atoms with Gasteiger partial charge in [0, 0.05) is 13.1 Å². The molecule has 0 spiro atoms. The van der Waals surface area contributed by atoms with E-state index in [1.807, 2.05) is 26.4 Å². The van der Waals surface area contributed by atoms with E-state index in [0.717, 1.165) is 37.8 Å². The topological polar surface area (TPSA) is 51.0 Å². The Bertz CT molecular complexity index is 709. The average Bonchev–Trinajstić information content (AvgIpc) is 3.11. The lowest BCUT2D eigenvalue weighted by Gasteiger charge is -2.35. The fraction of sp³-hybridized carbons (Fsp3) is 0.550. The first kappa shape index (κ1) is 20.1. The van der Waals surface area contributed by atoms with Crippen LogP contribution in [0.25, 0.3) is 0 Å². The van der Waals surface area contributed by atoms with Gasteiger partial charge in [-0.25, -0.2) is 4.98 Å². The van der Waals surface area contributed by atoms with Gasteiger partial charge in [0.2, 0.25) is 11.8 Å². The van der Waals surface area contributed by atoms with Gasteiger partial charge >= 0.3 is 0 Å². The number of likely N-dealkylation sites (N-methyl/N-ethyl adjacent to an activating group) is 1. The molecule has 0 N–H and O–H groups in total.